The first-order valence-corrected chi connectivity index (χ1v) is 10.4. The Kier molecular flexibility index (Phi) is 5.55. The molecular weight excluding hydrogens is 372 g/mol. The standard InChI is InChI=1S/C18H24N2O6S/c1-11-3-6-15(27(24,25)19-12-4-5-12)9-16(11)18(23)20-10-14(26-2)7-13(20)8-17(21)22/h3,6,9,12-14,19H,4-5,7-8,10H2,1-2H3,(H,21,22). The Morgan fingerprint density at radius 3 is 2.63 bits per heavy atom. The van der Waals surface area contributed by atoms with Crippen molar-refractivity contribution in [2.45, 2.75) is 55.7 Å². The number of sulfonamides is 1. The molecule has 3 rings (SSSR count). The van der Waals surface area contributed by atoms with E-state index in [0.29, 0.717) is 12.0 Å². The molecule has 1 saturated heterocycles. The number of hydrogen-bond donors (Lipinski definition) is 2. The fourth-order valence-corrected chi connectivity index (χ4v) is 4.66. The molecule has 1 heterocycles. The van der Waals surface area contributed by atoms with Crippen molar-refractivity contribution in [3.63, 3.8) is 0 Å². The van der Waals surface area contributed by atoms with Crippen LogP contribution in [0.2, 0.25) is 0 Å². The molecule has 2 fully saturated rings. The van der Waals surface area contributed by atoms with Gasteiger partial charge in [0.15, 0.2) is 0 Å². The van der Waals surface area contributed by atoms with Crippen LogP contribution in [0.3, 0.4) is 0 Å². The van der Waals surface area contributed by atoms with Gasteiger partial charge in [-0.2, -0.15) is 0 Å². The first kappa shape index (κ1) is 19.8. The predicted molar refractivity (Wildman–Crippen MR) is 97.0 cm³/mol. The summed E-state index contributed by atoms with van der Waals surface area (Å²) >= 11 is 0. The van der Waals surface area contributed by atoms with E-state index in [1.165, 1.54) is 24.1 Å². The van der Waals surface area contributed by atoms with E-state index in [1.54, 1.807) is 13.0 Å². The van der Waals surface area contributed by atoms with Gasteiger partial charge in [-0.05, 0) is 43.9 Å². The van der Waals surface area contributed by atoms with Crippen molar-refractivity contribution < 1.29 is 27.9 Å². The molecule has 2 unspecified atom stereocenters. The van der Waals surface area contributed by atoms with Crippen molar-refractivity contribution >= 4 is 21.9 Å². The van der Waals surface area contributed by atoms with E-state index >= 15 is 0 Å². The summed E-state index contributed by atoms with van der Waals surface area (Å²) in [5, 5.41) is 9.13. The first-order valence-electron chi connectivity index (χ1n) is 8.90. The van der Waals surface area contributed by atoms with Gasteiger partial charge in [-0.1, -0.05) is 6.07 Å². The lowest BCUT2D eigenvalue weighted by Gasteiger charge is -2.24. The summed E-state index contributed by atoms with van der Waals surface area (Å²) in [7, 11) is -2.15. The van der Waals surface area contributed by atoms with Crippen molar-refractivity contribution in [1.82, 2.24) is 9.62 Å². The van der Waals surface area contributed by atoms with Crippen molar-refractivity contribution in [3.8, 4) is 0 Å². The highest BCUT2D eigenvalue weighted by Gasteiger charge is 2.37. The molecule has 1 amide bonds. The van der Waals surface area contributed by atoms with Crippen LogP contribution in [0.15, 0.2) is 23.1 Å². The minimum Gasteiger partial charge on any atom is -0.481 e. The average Bonchev–Trinajstić information content (AvgIpc) is 3.30. The molecule has 2 aliphatic rings. The normalized spacial score (nSPS) is 22.8. The number of nitrogens with one attached hydrogen (secondary N) is 1. The van der Waals surface area contributed by atoms with Gasteiger partial charge in [0.25, 0.3) is 5.91 Å². The van der Waals surface area contributed by atoms with E-state index in [4.69, 9.17) is 9.84 Å². The number of amides is 1. The number of carboxylic acid groups (broad SMARTS) is 1. The van der Waals surface area contributed by atoms with Gasteiger partial charge in [-0.25, -0.2) is 13.1 Å². The molecule has 1 aliphatic carbocycles. The van der Waals surface area contributed by atoms with Gasteiger partial charge in [0.2, 0.25) is 10.0 Å². The highest BCUT2D eigenvalue weighted by molar-refractivity contribution is 7.89. The van der Waals surface area contributed by atoms with Crippen LogP contribution in [-0.2, 0) is 19.6 Å². The number of hydrogen-bond acceptors (Lipinski definition) is 5. The molecule has 0 spiro atoms. The van der Waals surface area contributed by atoms with Crippen LogP contribution in [-0.4, -0.2) is 62.1 Å². The van der Waals surface area contributed by atoms with Crippen molar-refractivity contribution in [2.24, 2.45) is 0 Å². The first-order chi connectivity index (χ1) is 12.7. The highest BCUT2D eigenvalue weighted by atomic mass is 32.2. The Morgan fingerprint density at radius 2 is 2.04 bits per heavy atom. The van der Waals surface area contributed by atoms with E-state index in [2.05, 4.69) is 4.72 Å². The van der Waals surface area contributed by atoms with Gasteiger partial charge in [0, 0.05) is 31.3 Å². The maximum atomic E-state index is 13.1. The van der Waals surface area contributed by atoms with E-state index in [-0.39, 0.29) is 41.5 Å². The van der Waals surface area contributed by atoms with Crippen molar-refractivity contribution in [1.29, 1.82) is 0 Å². The van der Waals surface area contributed by atoms with Crippen LogP contribution in [0.5, 0.6) is 0 Å². The summed E-state index contributed by atoms with van der Waals surface area (Å²) in [5.74, 6) is -1.36. The van der Waals surface area contributed by atoms with Gasteiger partial charge in [-0.15, -0.1) is 0 Å². The fraction of sp³-hybridized carbons (Fsp3) is 0.556. The third kappa shape index (κ3) is 4.48. The second-order valence-corrected chi connectivity index (χ2v) is 8.89. The number of aliphatic carboxylic acids is 1. The number of aryl methyl sites for hydroxylation is 1. The third-order valence-electron chi connectivity index (χ3n) is 5.03. The van der Waals surface area contributed by atoms with Gasteiger partial charge >= 0.3 is 5.97 Å². The number of carboxylic acids is 1. The Balaban J connectivity index is 1.88. The number of nitrogens with zero attached hydrogens (tertiary/aromatic N) is 1. The summed E-state index contributed by atoms with van der Waals surface area (Å²) in [6.07, 6.45) is 1.67. The minimum absolute atomic E-state index is 0.0311. The maximum absolute atomic E-state index is 13.1. The van der Waals surface area contributed by atoms with E-state index < -0.39 is 22.0 Å². The van der Waals surface area contributed by atoms with Crippen LogP contribution in [0.4, 0.5) is 0 Å². The van der Waals surface area contributed by atoms with Crippen LogP contribution in [0, 0.1) is 6.92 Å². The van der Waals surface area contributed by atoms with Crippen LogP contribution >= 0.6 is 0 Å². The highest BCUT2D eigenvalue weighted by Crippen LogP contribution is 2.27. The lowest BCUT2D eigenvalue weighted by molar-refractivity contribution is -0.138. The zero-order chi connectivity index (χ0) is 19.8. The molecule has 9 heteroatoms. The van der Waals surface area contributed by atoms with Gasteiger partial charge < -0.3 is 14.7 Å². The number of carbonyl (C=O) groups excluding carboxylic acids is 1. The quantitative estimate of drug-likeness (QED) is 0.715. The molecule has 148 valence electrons. The number of benzene rings is 1. The second-order valence-electron chi connectivity index (χ2n) is 7.17. The topological polar surface area (TPSA) is 113 Å². The van der Waals surface area contributed by atoms with Crippen LogP contribution in [0.25, 0.3) is 0 Å². The summed E-state index contributed by atoms with van der Waals surface area (Å²) in [4.78, 5) is 25.8. The van der Waals surface area contributed by atoms with Crippen molar-refractivity contribution in [3.05, 3.63) is 29.3 Å². The molecule has 2 N–H and O–H groups in total. The van der Waals surface area contributed by atoms with Gasteiger partial charge in [-0.3, -0.25) is 9.59 Å². The molecular formula is C18H24N2O6S. The van der Waals surface area contributed by atoms with E-state index in [1.807, 2.05) is 0 Å². The molecule has 1 aromatic carbocycles. The fourth-order valence-electron chi connectivity index (χ4n) is 3.33. The lowest BCUT2D eigenvalue weighted by Crippen LogP contribution is -2.37. The molecule has 1 saturated carbocycles. The summed E-state index contributed by atoms with van der Waals surface area (Å²) in [6.45, 7) is 2.01. The number of likely N-dealkylation sites (tertiary alicyclic amines) is 1. The van der Waals surface area contributed by atoms with Gasteiger partial charge in [0.05, 0.1) is 17.4 Å². The Morgan fingerprint density at radius 1 is 1.33 bits per heavy atom. The van der Waals surface area contributed by atoms with Gasteiger partial charge in [0.1, 0.15) is 0 Å². The number of rotatable bonds is 7. The van der Waals surface area contributed by atoms with Crippen LogP contribution < -0.4 is 4.72 Å². The molecule has 0 bridgehead atoms. The molecule has 1 aromatic rings. The van der Waals surface area contributed by atoms with E-state index in [0.717, 1.165) is 12.8 Å². The smallest absolute Gasteiger partial charge is 0.305 e. The number of carbonyl (C=O) groups is 2. The lowest BCUT2D eigenvalue weighted by atomic mass is 10.1. The molecule has 1 aliphatic heterocycles. The Hall–Kier alpha value is -1.97. The molecule has 27 heavy (non-hydrogen) atoms. The SMILES string of the molecule is COC1CC(CC(=O)O)N(C(=O)c2cc(S(=O)(=O)NC3CC3)ccc2C)C1. The zero-order valence-corrected chi connectivity index (χ0v) is 16.2. The van der Waals surface area contributed by atoms with Crippen LogP contribution in [0.1, 0.15) is 41.6 Å². The maximum Gasteiger partial charge on any atom is 0.305 e. The Bertz CT molecular complexity index is 849. The summed E-state index contributed by atoms with van der Waals surface area (Å²) in [5.41, 5.74) is 0.904. The largest absolute Gasteiger partial charge is 0.481 e. The zero-order valence-electron chi connectivity index (χ0n) is 15.3. The summed E-state index contributed by atoms with van der Waals surface area (Å²) in [6, 6.07) is 3.94. The monoisotopic (exact) mass is 396 g/mol. The Labute approximate surface area is 158 Å². The second kappa shape index (κ2) is 7.57. The average molecular weight is 396 g/mol. The molecule has 2 atom stereocenters. The third-order valence-corrected chi connectivity index (χ3v) is 6.55. The van der Waals surface area contributed by atoms with Crippen molar-refractivity contribution in [2.75, 3.05) is 13.7 Å². The summed E-state index contributed by atoms with van der Waals surface area (Å²) < 4.78 is 32.8. The molecule has 8 nitrogen and oxygen atoms in total. The number of methoxy groups -OCH3 is 1. The minimum atomic E-state index is -3.68. The van der Waals surface area contributed by atoms with E-state index in [9.17, 15) is 18.0 Å². The molecule has 0 radical (unpaired) electrons. The molecule has 0 aromatic heterocycles. The number of ether oxygens (including phenoxy) is 1. The predicted octanol–water partition coefficient (Wildman–Crippen LogP) is 1.14.